The fraction of sp³-hybridized carbons (Fsp3) is 0.706. The molecule has 0 atom stereocenters. The van der Waals surface area contributed by atoms with Crippen molar-refractivity contribution in [3.63, 3.8) is 0 Å². The number of carbonyl (C=O) groups is 1. The predicted molar refractivity (Wildman–Crippen MR) is 93.9 cm³/mol. The summed E-state index contributed by atoms with van der Waals surface area (Å²) in [6, 6.07) is 0.299. The lowest BCUT2D eigenvalue weighted by Gasteiger charge is -2.14. The van der Waals surface area contributed by atoms with Crippen molar-refractivity contribution >= 4 is 16.9 Å². The molecule has 7 heteroatoms. The molecule has 1 aliphatic rings. The zero-order valence-electron chi connectivity index (χ0n) is 15.0. The van der Waals surface area contributed by atoms with Gasteiger partial charge in [0.2, 0.25) is 5.91 Å². The van der Waals surface area contributed by atoms with E-state index >= 15 is 0 Å². The van der Waals surface area contributed by atoms with Gasteiger partial charge in [-0.3, -0.25) is 14.2 Å². The largest absolute Gasteiger partial charge is 0.355 e. The van der Waals surface area contributed by atoms with E-state index in [-0.39, 0.29) is 5.91 Å². The van der Waals surface area contributed by atoms with E-state index in [1.807, 2.05) is 22.5 Å². The number of hydrogen-bond donors (Lipinski definition) is 1. The van der Waals surface area contributed by atoms with Gasteiger partial charge in [0.15, 0.2) is 0 Å². The Morgan fingerprint density at radius 1 is 1.29 bits per heavy atom. The van der Waals surface area contributed by atoms with Crippen molar-refractivity contribution in [2.75, 3.05) is 26.2 Å². The monoisotopic (exact) mass is 332 g/mol. The molecule has 0 radical (unpaired) electrons. The zero-order chi connectivity index (χ0) is 17.1. The first-order chi connectivity index (χ1) is 11.6. The Bertz CT molecular complexity index is 695. The van der Waals surface area contributed by atoms with Gasteiger partial charge in [-0.05, 0) is 46.7 Å². The molecule has 1 amide bonds. The summed E-state index contributed by atoms with van der Waals surface area (Å²) < 4.78 is 3.89. The number of likely N-dealkylation sites (tertiary alicyclic amines) is 1. The molecule has 3 rings (SSSR count). The third kappa shape index (κ3) is 3.61. The Balaban J connectivity index is 1.52. The van der Waals surface area contributed by atoms with Gasteiger partial charge in [0.25, 0.3) is 0 Å². The van der Waals surface area contributed by atoms with Crippen molar-refractivity contribution in [1.29, 1.82) is 0 Å². The second-order valence-corrected chi connectivity index (χ2v) is 6.87. The van der Waals surface area contributed by atoms with Crippen LogP contribution in [-0.4, -0.2) is 56.5 Å². The minimum atomic E-state index is 0.0896. The fourth-order valence-corrected chi connectivity index (χ4v) is 3.40. The molecule has 0 saturated carbocycles. The summed E-state index contributed by atoms with van der Waals surface area (Å²) in [6.07, 6.45) is 4.86. The van der Waals surface area contributed by atoms with Gasteiger partial charge in [-0.2, -0.15) is 10.2 Å². The highest BCUT2D eigenvalue weighted by molar-refractivity contribution is 5.79. The Hall–Kier alpha value is -1.89. The average Bonchev–Trinajstić information content (AvgIpc) is 3.24. The van der Waals surface area contributed by atoms with Crippen LogP contribution in [0.15, 0.2) is 6.20 Å². The van der Waals surface area contributed by atoms with Gasteiger partial charge in [-0.15, -0.1) is 0 Å². The molecule has 3 heterocycles. The molecule has 1 aliphatic heterocycles. The summed E-state index contributed by atoms with van der Waals surface area (Å²) in [5, 5.41) is 12.0. The number of carbonyl (C=O) groups excluding carboxylic acids is 1. The SMILES string of the molecule is Cc1nn(C(C)C)c2cnn(CCC(=O)NCCN3CCCC3)c12. The Morgan fingerprint density at radius 2 is 2.04 bits per heavy atom. The molecule has 1 N–H and O–H groups in total. The topological polar surface area (TPSA) is 68.0 Å². The van der Waals surface area contributed by atoms with Crippen molar-refractivity contribution in [3.8, 4) is 0 Å². The van der Waals surface area contributed by atoms with E-state index in [2.05, 4.69) is 34.3 Å². The molecule has 0 spiro atoms. The van der Waals surface area contributed by atoms with E-state index in [0.29, 0.717) is 19.0 Å². The first kappa shape index (κ1) is 17.0. The molecule has 132 valence electrons. The van der Waals surface area contributed by atoms with Crippen LogP contribution in [-0.2, 0) is 11.3 Å². The van der Waals surface area contributed by atoms with Gasteiger partial charge in [0, 0.05) is 25.6 Å². The number of fused-ring (bicyclic) bond motifs is 1. The minimum absolute atomic E-state index is 0.0896. The summed E-state index contributed by atoms with van der Waals surface area (Å²) >= 11 is 0. The number of amides is 1. The van der Waals surface area contributed by atoms with E-state index in [1.54, 1.807) is 0 Å². The number of nitrogens with one attached hydrogen (secondary N) is 1. The van der Waals surface area contributed by atoms with Crippen LogP contribution in [0.1, 0.15) is 44.8 Å². The van der Waals surface area contributed by atoms with Crippen LogP contribution in [0.5, 0.6) is 0 Å². The van der Waals surface area contributed by atoms with Crippen LogP contribution in [0.2, 0.25) is 0 Å². The highest BCUT2D eigenvalue weighted by Crippen LogP contribution is 2.21. The van der Waals surface area contributed by atoms with Crippen molar-refractivity contribution in [1.82, 2.24) is 29.8 Å². The summed E-state index contributed by atoms with van der Waals surface area (Å²) in [5.41, 5.74) is 3.04. The second-order valence-electron chi connectivity index (χ2n) is 6.87. The maximum absolute atomic E-state index is 12.1. The molecule has 0 bridgehead atoms. The van der Waals surface area contributed by atoms with Crippen molar-refractivity contribution in [2.45, 2.75) is 52.6 Å². The maximum Gasteiger partial charge on any atom is 0.221 e. The molecule has 1 saturated heterocycles. The molecule has 0 aliphatic carbocycles. The fourth-order valence-electron chi connectivity index (χ4n) is 3.40. The van der Waals surface area contributed by atoms with E-state index < -0.39 is 0 Å². The van der Waals surface area contributed by atoms with Crippen LogP contribution in [0, 0.1) is 6.92 Å². The number of nitrogens with zero attached hydrogens (tertiary/aromatic N) is 5. The van der Waals surface area contributed by atoms with E-state index in [9.17, 15) is 4.79 Å². The third-order valence-electron chi connectivity index (χ3n) is 4.66. The van der Waals surface area contributed by atoms with Gasteiger partial charge >= 0.3 is 0 Å². The lowest BCUT2D eigenvalue weighted by molar-refractivity contribution is -0.121. The van der Waals surface area contributed by atoms with Gasteiger partial charge in [-0.25, -0.2) is 0 Å². The smallest absolute Gasteiger partial charge is 0.221 e. The molecule has 1 fully saturated rings. The first-order valence-electron chi connectivity index (χ1n) is 8.96. The van der Waals surface area contributed by atoms with Crippen LogP contribution >= 0.6 is 0 Å². The van der Waals surface area contributed by atoms with Crippen LogP contribution in [0.3, 0.4) is 0 Å². The van der Waals surface area contributed by atoms with E-state index in [0.717, 1.165) is 29.8 Å². The summed E-state index contributed by atoms with van der Waals surface area (Å²) in [6.45, 7) is 10.8. The zero-order valence-corrected chi connectivity index (χ0v) is 15.0. The number of aryl methyl sites for hydroxylation is 2. The lowest BCUT2D eigenvalue weighted by atomic mass is 10.3. The standard InChI is InChI=1S/C17H28N6O/c1-13(2)23-15-12-19-22(17(15)14(3)20-23)10-6-16(24)18-7-11-21-8-4-5-9-21/h12-13H,4-11H2,1-3H3,(H,18,24). The van der Waals surface area contributed by atoms with Gasteiger partial charge < -0.3 is 10.2 Å². The third-order valence-corrected chi connectivity index (χ3v) is 4.66. The van der Waals surface area contributed by atoms with Crippen LogP contribution in [0.4, 0.5) is 0 Å². The normalized spacial score (nSPS) is 15.7. The molecule has 24 heavy (non-hydrogen) atoms. The van der Waals surface area contributed by atoms with Crippen molar-refractivity contribution in [2.24, 2.45) is 0 Å². The lowest BCUT2D eigenvalue weighted by Crippen LogP contribution is -2.33. The van der Waals surface area contributed by atoms with Gasteiger partial charge in [0.05, 0.1) is 18.4 Å². The summed E-state index contributed by atoms with van der Waals surface area (Å²) in [5.74, 6) is 0.0896. The Kier molecular flexibility index (Phi) is 5.18. The maximum atomic E-state index is 12.1. The molecule has 0 aromatic carbocycles. The molecule has 0 unspecified atom stereocenters. The van der Waals surface area contributed by atoms with E-state index in [4.69, 9.17) is 0 Å². The number of aromatic nitrogens is 4. The van der Waals surface area contributed by atoms with E-state index in [1.165, 1.54) is 25.9 Å². The highest BCUT2D eigenvalue weighted by atomic mass is 16.1. The van der Waals surface area contributed by atoms with Gasteiger partial charge in [0.1, 0.15) is 11.0 Å². The number of rotatable bonds is 7. The molecule has 2 aromatic heterocycles. The molecule has 2 aromatic rings. The minimum Gasteiger partial charge on any atom is -0.355 e. The van der Waals surface area contributed by atoms with Crippen LogP contribution < -0.4 is 5.32 Å². The first-order valence-corrected chi connectivity index (χ1v) is 8.96. The summed E-state index contributed by atoms with van der Waals surface area (Å²) in [7, 11) is 0. The Labute approximate surface area is 143 Å². The van der Waals surface area contributed by atoms with Crippen molar-refractivity contribution < 1.29 is 4.79 Å². The van der Waals surface area contributed by atoms with Crippen molar-refractivity contribution in [3.05, 3.63) is 11.9 Å². The summed E-state index contributed by atoms with van der Waals surface area (Å²) in [4.78, 5) is 14.5. The quantitative estimate of drug-likeness (QED) is 0.838. The predicted octanol–water partition coefficient (Wildman–Crippen LogP) is 1.72. The van der Waals surface area contributed by atoms with Crippen LogP contribution in [0.25, 0.3) is 11.0 Å². The Morgan fingerprint density at radius 3 is 2.75 bits per heavy atom. The average molecular weight is 332 g/mol. The second kappa shape index (κ2) is 7.34. The van der Waals surface area contributed by atoms with Gasteiger partial charge in [-0.1, -0.05) is 0 Å². The molecule has 7 nitrogen and oxygen atoms in total. The number of hydrogen-bond acceptors (Lipinski definition) is 4. The molecular formula is C17H28N6O. The highest BCUT2D eigenvalue weighted by Gasteiger charge is 2.16. The molecular weight excluding hydrogens is 304 g/mol.